The number of anilines is 2. The molecular formula is C17H16N6O2. The molecule has 8 heteroatoms. The molecule has 8 nitrogen and oxygen atoms in total. The zero-order valence-corrected chi connectivity index (χ0v) is 13.3. The topological polar surface area (TPSA) is 102 Å². The highest BCUT2D eigenvalue weighted by molar-refractivity contribution is 6.02. The Morgan fingerprint density at radius 1 is 0.920 bits per heavy atom. The van der Waals surface area contributed by atoms with E-state index in [-0.39, 0.29) is 23.9 Å². The summed E-state index contributed by atoms with van der Waals surface area (Å²) in [5, 5.41) is 9.52. The Balaban J connectivity index is 1.51. The van der Waals surface area contributed by atoms with Gasteiger partial charge in [-0.3, -0.25) is 14.3 Å². The number of carbonyl (C=O) groups excluding carboxylic acids is 2. The zero-order valence-electron chi connectivity index (χ0n) is 13.3. The number of hydrogen-bond acceptors (Lipinski definition) is 5. The van der Waals surface area contributed by atoms with Crippen molar-refractivity contribution in [3.8, 4) is 0 Å². The molecular weight excluding hydrogens is 320 g/mol. The van der Waals surface area contributed by atoms with E-state index in [4.69, 9.17) is 0 Å². The van der Waals surface area contributed by atoms with Gasteiger partial charge in [-0.2, -0.15) is 5.10 Å². The third-order valence-electron chi connectivity index (χ3n) is 3.28. The summed E-state index contributed by atoms with van der Waals surface area (Å²) in [6.45, 7) is 0.357. The first-order chi connectivity index (χ1) is 12.2. The highest BCUT2D eigenvalue weighted by Gasteiger charge is 2.11. The number of rotatable bonds is 6. The van der Waals surface area contributed by atoms with Crippen LogP contribution in [-0.4, -0.2) is 31.6 Å². The monoisotopic (exact) mass is 336 g/mol. The van der Waals surface area contributed by atoms with Crippen molar-refractivity contribution in [3.63, 3.8) is 0 Å². The van der Waals surface area contributed by atoms with Gasteiger partial charge in [0.25, 0.3) is 5.91 Å². The standard InChI is InChI=1S/C17H16N6O2/c24-16(20-14-5-1-3-9-18-14)8-12-23-11-7-13(22-23)17(25)21-15-6-2-4-10-19-15/h1-7,9-11H,8,12H2,(H,18,20,24)(H,19,21,25). The SMILES string of the molecule is O=C(CCn1ccc(C(=O)Nc2ccccn2)n1)Nc1ccccn1. The molecule has 0 aliphatic carbocycles. The van der Waals surface area contributed by atoms with Crippen LogP contribution >= 0.6 is 0 Å². The smallest absolute Gasteiger partial charge is 0.277 e. The van der Waals surface area contributed by atoms with Crippen molar-refractivity contribution in [2.24, 2.45) is 0 Å². The van der Waals surface area contributed by atoms with Crippen LogP contribution in [0.3, 0.4) is 0 Å². The van der Waals surface area contributed by atoms with Gasteiger partial charge in [0.15, 0.2) is 5.69 Å². The summed E-state index contributed by atoms with van der Waals surface area (Å²) in [6.07, 6.45) is 5.07. The van der Waals surface area contributed by atoms with Gasteiger partial charge >= 0.3 is 0 Å². The molecule has 3 heterocycles. The molecule has 0 aromatic carbocycles. The van der Waals surface area contributed by atoms with Gasteiger partial charge in [0.1, 0.15) is 11.6 Å². The minimum Gasteiger partial charge on any atom is -0.311 e. The molecule has 25 heavy (non-hydrogen) atoms. The molecule has 126 valence electrons. The number of nitrogens with zero attached hydrogens (tertiary/aromatic N) is 4. The quantitative estimate of drug-likeness (QED) is 0.716. The molecule has 3 rings (SSSR count). The Hall–Kier alpha value is -3.55. The maximum absolute atomic E-state index is 12.1. The van der Waals surface area contributed by atoms with Crippen molar-refractivity contribution in [2.75, 3.05) is 10.6 Å². The summed E-state index contributed by atoms with van der Waals surface area (Å²) in [6, 6.07) is 12.1. The molecule has 0 saturated heterocycles. The van der Waals surface area contributed by atoms with Gasteiger partial charge in [0.05, 0.1) is 0 Å². The number of carbonyl (C=O) groups is 2. The molecule has 0 saturated carbocycles. The molecule has 2 N–H and O–H groups in total. The van der Waals surface area contributed by atoms with E-state index in [2.05, 4.69) is 25.7 Å². The van der Waals surface area contributed by atoms with Gasteiger partial charge in [-0.05, 0) is 30.3 Å². The van der Waals surface area contributed by atoms with Crippen LogP contribution in [0.25, 0.3) is 0 Å². The summed E-state index contributed by atoms with van der Waals surface area (Å²) in [5.74, 6) is 0.434. The van der Waals surface area contributed by atoms with E-state index in [1.54, 1.807) is 65.7 Å². The molecule has 3 aromatic rings. The maximum atomic E-state index is 12.1. The largest absolute Gasteiger partial charge is 0.311 e. The van der Waals surface area contributed by atoms with Crippen molar-refractivity contribution in [2.45, 2.75) is 13.0 Å². The van der Waals surface area contributed by atoms with E-state index in [9.17, 15) is 9.59 Å². The van der Waals surface area contributed by atoms with E-state index in [0.29, 0.717) is 18.2 Å². The van der Waals surface area contributed by atoms with Gasteiger partial charge in [-0.15, -0.1) is 0 Å². The number of pyridine rings is 2. The van der Waals surface area contributed by atoms with E-state index in [1.807, 2.05) is 0 Å². The van der Waals surface area contributed by atoms with Gasteiger partial charge in [-0.25, -0.2) is 9.97 Å². The van der Waals surface area contributed by atoms with Crippen molar-refractivity contribution in [1.82, 2.24) is 19.7 Å². The van der Waals surface area contributed by atoms with Crippen LogP contribution in [0.4, 0.5) is 11.6 Å². The molecule has 0 fully saturated rings. The summed E-state index contributed by atoms with van der Waals surface area (Å²) >= 11 is 0. The predicted molar refractivity (Wildman–Crippen MR) is 91.9 cm³/mol. The number of aryl methyl sites for hydroxylation is 1. The molecule has 3 aromatic heterocycles. The lowest BCUT2D eigenvalue weighted by Crippen LogP contribution is -2.17. The maximum Gasteiger partial charge on any atom is 0.277 e. The van der Waals surface area contributed by atoms with E-state index < -0.39 is 0 Å². The van der Waals surface area contributed by atoms with Crippen LogP contribution in [0.1, 0.15) is 16.9 Å². The van der Waals surface area contributed by atoms with E-state index in [0.717, 1.165) is 0 Å². The lowest BCUT2D eigenvalue weighted by molar-refractivity contribution is -0.116. The van der Waals surface area contributed by atoms with Crippen LogP contribution in [-0.2, 0) is 11.3 Å². The van der Waals surface area contributed by atoms with Crippen molar-refractivity contribution in [3.05, 3.63) is 66.7 Å². The summed E-state index contributed by atoms with van der Waals surface area (Å²) in [4.78, 5) is 32.0. The van der Waals surface area contributed by atoms with Crippen LogP contribution in [0, 0.1) is 0 Å². The minimum absolute atomic E-state index is 0.173. The van der Waals surface area contributed by atoms with E-state index in [1.165, 1.54) is 0 Å². The van der Waals surface area contributed by atoms with Gasteiger partial charge in [-0.1, -0.05) is 12.1 Å². The Kier molecular flexibility index (Phi) is 5.10. The molecule has 0 spiro atoms. The van der Waals surface area contributed by atoms with Gasteiger partial charge in [0.2, 0.25) is 5.91 Å². The minimum atomic E-state index is -0.351. The Bertz CT molecular complexity index is 848. The van der Waals surface area contributed by atoms with E-state index >= 15 is 0 Å². The highest BCUT2D eigenvalue weighted by atomic mass is 16.2. The van der Waals surface area contributed by atoms with Crippen molar-refractivity contribution < 1.29 is 9.59 Å². The third-order valence-corrected chi connectivity index (χ3v) is 3.28. The molecule has 0 atom stereocenters. The lowest BCUT2D eigenvalue weighted by Gasteiger charge is -2.04. The average Bonchev–Trinajstić information content (AvgIpc) is 3.11. The Labute approximate surface area is 143 Å². The Morgan fingerprint density at radius 2 is 1.60 bits per heavy atom. The summed E-state index contributed by atoms with van der Waals surface area (Å²) in [7, 11) is 0. The number of aromatic nitrogens is 4. The number of amides is 2. The average molecular weight is 336 g/mol. The van der Waals surface area contributed by atoms with Crippen LogP contribution < -0.4 is 10.6 Å². The summed E-state index contributed by atoms with van der Waals surface area (Å²) < 4.78 is 1.55. The zero-order chi connectivity index (χ0) is 17.5. The van der Waals surface area contributed by atoms with Crippen LogP contribution in [0.5, 0.6) is 0 Å². The molecule has 0 aliphatic heterocycles. The van der Waals surface area contributed by atoms with Gasteiger partial charge in [0, 0.05) is 31.6 Å². The first-order valence-electron chi connectivity index (χ1n) is 7.67. The first kappa shape index (κ1) is 16.3. The second-order valence-corrected chi connectivity index (χ2v) is 5.15. The second kappa shape index (κ2) is 7.82. The third kappa shape index (κ3) is 4.71. The molecule has 0 unspecified atom stereocenters. The Morgan fingerprint density at radius 3 is 2.24 bits per heavy atom. The van der Waals surface area contributed by atoms with Crippen LogP contribution in [0.15, 0.2) is 61.1 Å². The molecule has 0 radical (unpaired) electrons. The first-order valence-corrected chi connectivity index (χ1v) is 7.67. The fourth-order valence-corrected chi connectivity index (χ4v) is 2.08. The summed E-state index contributed by atoms with van der Waals surface area (Å²) in [5.41, 5.74) is 0.260. The van der Waals surface area contributed by atoms with Crippen LogP contribution in [0.2, 0.25) is 0 Å². The highest BCUT2D eigenvalue weighted by Crippen LogP contribution is 2.05. The molecule has 2 amide bonds. The molecule has 0 aliphatic rings. The number of hydrogen-bond donors (Lipinski definition) is 2. The van der Waals surface area contributed by atoms with Gasteiger partial charge < -0.3 is 10.6 Å². The molecule has 0 bridgehead atoms. The van der Waals surface area contributed by atoms with Crippen molar-refractivity contribution in [1.29, 1.82) is 0 Å². The fraction of sp³-hybridized carbons (Fsp3) is 0.118. The second-order valence-electron chi connectivity index (χ2n) is 5.15. The van der Waals surface area contributed by atoms with Crippen molar-refractivity contribution >= 4 is 23.5 Å². The normalized spacial score (nSPS) is 10.2. The lowest BCUT2D eigenvalue weighted by atomic mass is 10.4. The predicted octanol–water partition coefficient (Wildman–Crippen LogP) is 1.95. The number of nitrogens with one attached hydrogen (secondary N) is 2. The fourth-order valence-electron chi connectivity index (χ4n) is 2.08.